The molecule has 0 aromatic carbocycles. The van der Waals surface area contributed by atoms with E-state index >= 15 is 0 Å². The van der Waals surface area contributed by atoms with Crippen molar-refractivity contribution in [3.63, 3.8) is 0 Å². The molecule has 1 saturated heterocycles. The van der Waals surface area contributed by atoms with Gasteiger partial charge in [-0.15, -0.1) is 0 Å². The first-order valence-electron chi connectivity index (χ1n) is 8.08. The number of aryl methyl sites for hydroxylation is 1. The molecule has 1 unspecified atom stereocenters. The fourth-order valence-corrected chi connectivity index (χ4v) is 2.92. The average Bonchev–Trinajstić information content (AvgIpc) is 2.52. The van der Waals surface area contributed by atoms with Crippen molar-refractivity contribution >= 4 is 0 Å². The molecule has 1 aliphatic heterocycles. The molecule has 2 rings (SSSR count). The Morgan fingerprint density at radius 1 is 1.40 bits per heavy atom. The molecule has 0 aliphatic carbocycles. The van der Waals surface area contributed by atoms with Gasteiger partial charge in [0.05, 0.1) is 0 Å². The highest BCUT2D eigenvalue weighted by Crippen LogP contribution is 2.22. The van der Waals surface area contributed by atoms with Crippen molar-refractivity contribution in [2.24, 2.45) is 5.92 Å². The lowest BCUT2D eigenvalue weighted by atomic mass is 9.90. The first kappa shape index (κ1) is 15.5. The molecular formula is C17H28N2O. The topological polar surface area (TPSA) is 34.2 Å². The first-order valence-corrected chi connectivity index (χ1v) is 8.08. The monoisotopic (exact) mass is 276 g/mol. The van der Waals surface area contributed by atoms with E-state index in [1.807, 2.05) is 18.5 Å². The third-order valence-electron chi connectivity index (χ3n) is 4.15. The summed E-state index contributed by atoms with van der Waals surface area (Å²) in [4.78, 5) is 4.20. The molecule has 1 N–H and O–H groups in total. The summed E-state index contributed by atoms with van der Waals surface area (Å²) >= 11 is 0. The summed E-state index contributed by atoms with van der Waals surface area (Å²) in [5.74, 6) is 0.840. The van der Waals surface area contributed by atoms with Gasteiger partial charge in [-0.05, 0) is 62.6 Å². The molecule has 3 nitrogen and oxygen atoms in total. The lowest BCUT2D eigenvalue weighted by Crippen LogP contribution is -2.33. The molecule has 0 amide bonds. The van der Waals surface area contributed by atoms with Gasteiger partial charge >= 0.3 is 0 Å². The lowest BCUT2D eigenvalue weighted by molar-refractivity contribution is 0.0602. The minimum atomic E-state index is 0.637. The number of pyridine rings is 1. The summed E-state index contributed by atoms with van der Waals surface area (Å²) in [6, 6.07) is 4.85. The van der Waals surface area contributed by atoms with Gasteiger partial charge in [-0.3, -0.25) is 4.98 Å². The average molecular weight is 276 g/mol. The van der Waals surface area contributed by atoms with Crippen molar-refractivity contribution in [3.8, 4) is 0 Å². The van der Waals surface area contributed by atoms with Gasteiger partial charge in [0.25, 0.3) is 0 Å². The summed E-state index contributed by atoms with van der Waals surface area (Å²) < 4.78 is 5.46. The second-order valence-electron chi connectivity index (χ2n) is 5.84. The maximum absolute atomic E-state index is 5.46. The van der Waals surface area contributed by atoms with Gasteiger partial charge in [0, 0.05) is 31.6 Å². The molecule has 0 radical (unpaired) electrons. The van der Waals surface area contributed by atoms with E-state index in [2.05, 4.69) is 23.3 Å². The van der Waals surface area contributed by atoms with Crippen molar-refractivity contribution < 1.29 is 4.74 Å². The highest BCUT2D eigenvalue weighted by atomic mass is 16.5. The molecule has 112 valence electrons. The van der Waals surface area contributed by atoms with E-state index in [1.165, 1.54) is 37.7 Å². The molecule has 20 heavy (non-hydrogen) atoms. The third-order valence-corrected chi connectivity index (χ3v) is 4.15. The standard InChI is InChI=1S/C17H28N2O/c1-2-9-19-17(13-15-7-11-20-12-8-15)6-5-16-4-3-10-18-14-16/h3-4,10,14-15,17,19H,2,5-9,11-13H2,1H3. The Morgan fingerprint density at radius 2 is 2.25 bits per heavy atom. The molecule has 3 heteroatoms. The van der Waals surface area contributed by atoms with Gasteiger partial charge in [-0.2, -0.15) is 0 Å². The number of nitrogens with one attached hydrogen (secondary N) is 1. The van der Waals surface area contributed by atoms with Crippen LogP contribution in [0.15, 0.2) is 24.5 Å². The van der Waals surface area contributed by atoms with Crippen LogP contribution in [-0.4, -0.2) is 30.8 Å². The zero-order chi connectivity index (χ0) is 14.0. The van der Waals surface area contributed by atoms with Gasteiger partial charge in [0.1, 0.15) is 0 Å². The van der Waals surface area contributed by atoms with Crippen LogP contribution >= 0.6 is 0 Å². The Hall–Kier alpha value is -0.930. The fourth-order valence-electron chi connectivity index (χ4n) is 2.92. The van der Waals surface area contributed by atoms with Crippen LogP contribution in [0.1, 0.15) is 44.6 Å². The van der Waals surface area contributed by atoms with Crippen LogP contribution in [0.25, 0.3) is 0 Å². The van der Waals surface area contributed by atoms with Gasteiger partial charge in [0.15, 0.2) is 0 Å². The zero-order valence-electron chi connectivity index (χ0n) is 12.7. The number of hydrogen-bond donors (Lipinski definition) is 1. The van der Waals surface area contributed by atoms with Crippen molar-refractivity contribution in [1.82, 2.24) is 10.3 Å². The minimum absolute atomic E-state index is 0.637. The normalized spacial score (nSPS) is 18.1. The molecule has 1 aromatic rings. The first-order chi connectivity index (χ1) is 9.88. The van der Waals surface area contributed by atoms with E-state index in [0.29, 0.717) is 6.04 Å². The Morgan fingerprint density at radius 3 is 2.95 bits per heavy atom. The number of hydrogen-bond acceptors (Lipinski definition) is 3. The van der Waals surface area contributed by atoms with Crippen LogP contribution in [0.5, 0.6) is 0 Å². The molecule has 0 saturated carbocycles. The Bertz CT molecular complexity index is 349. The summed E-state index contributed by atoms with van der Waals surface area (Å²) in [5, 5.41) is 3.73. The van der Waals surface area contributed by atoms with E-state index in [9.17, 15) is 0 Å². The molecule has 0 bridgehead atoms. The van der Waals surface area contributed by atoms with Crippen molar-refractivity contribution in [2.45, 2.75) is 51.5 Å². The molecule has 1 aliphatic rings. The predicted molar refractivity (Wildman–Crippen MR) is 82.8 cm³/mol. The molecular weight excluding hydrogens is 248 g/mol. The van der Waals surface area contributed by atoms with Crippen LogP contribution in [0.2, 0.25) is 0 Å². The Balaban J connectivity index is 1.79. The number of ether oxygens (including phenoxy) is 1. The smallest absolute Gasteiger partial charge is 0.0468 e. The SMILES string of the molecule is CCCNC(CCc1cccnc1)CC1CCOCC1. The van der Waals surface area contributed by atoms with E-state index in [4.69, 9.17) is 4.74 Å². The molecule has 0 spiro atoms. The van der Waals surface area contributed by atoms with Gasteiger partial charge in [0.2, 0.25) is 0 Å². The van der Waals surface area contributed by atoms with Crippen LogP contribution < -0.4 is 5.32 Å². The molecule has 2 heterocycles. The predicted octanol–water partition coefficient (Wildman–Crippen LogP) is 3.20. The maximum atomic E-state index is 5.46. The van der Waals surface area contributed by atoms with Crippen LogP contribution in [-0.2, 0) is 11.2 Å². The van der Waals surface area contributed by atoms with E-state index in [1.54, 1.807) is 0 Å². The van der Waals surface area contributed by atoms with Gasteiger partial charge in [-0.25, -0.2) is 0 Å². The van der Waals surface area contributed by atoms with Crippen molar-refractivity contribution in [2.75, 3.05) is 19.8 Å². The largest absolute Gasteiger partial charge is 0.381 e. The maximum Gasteiger partial charge on any atom is 0.0468 e. The number of nitrogens with zero attached hydrogens (tertiary/aromatic N) is 1. The Labute approximate surface area is 123 Å². The molecule has 1 aromatic heterocycles. The Kier molecular flexibility index (Phi) is 7.02. The summed E-state index contributed by atoms with van der Waals surface area (Å²) in [6.45, 7) is 5.27. The lowest BCUT2D eigenvalue weighted by Gasteiger charge is -2.27. The summed E-state index contributed by atoms with van der Waals surface area (Å²) in [5.41, 5.74) is 1.35. The zero-order valence-corrected chi connectivity index (χ0v) is 12.7. The van der Waals surface area contributed by atoms with Crippen molar-refractivity contribution in [3.05, 3.63) is 30.1 Å². The highest BCUT2D eigenvalue weighted by Gasteiger charge is 2.18. The van der Waals surface area contributed by atoms with E-state index in [0.717, 1.165) is 32.1 Å². The minimum Gasteiger partial charge on any atom is -0.381 e. The molecule has 1 fully saturated rings. The van der Waals surface area contributed by atoms with E-state index < -0.39 is 0 Å². The second-order valence-corrected chi connectivity index (χ2v) is 5.84. The summed E-state index contributed by atoms with van der Waals surface area (Å²) in [7, 11) is 0. The highest BCUT2D eigenvalue weighted by molar-refractivity contribution is 5.08. The summed E-state index contributed by atoms with van der Waals surface area (Å²) in [6.07, 6.45) is 11.1. The second kappa shape index (κ2) is 9.09. The van der Waals surface area contributed by atoms with Crippen molar-refractivity contribution in [1.29, 1.82) is 0 Å². The quantitative estimate of drug-likeness (QED) is 0.791. The third kappa shape index (κ3) is 5.59. The fraction of sp³-hybridized carbons (Fsp3) is 0.706. The van der Waals surface area contributed by atoms with Crippen LogP contribution in [0, 0.1) is 5.92 Å². The number of rotatable bonds is 8. The number of aromatic nitrogens is 1. The van der Waals surface area contributed by atoms with Crippen LogP contribution in [0.4, 0.5) is 0 Å². The van der Waals surface area contributed by atoms with Gasteiger partial charge < -0.3 is 10.1 Å². The van der Waals surface area contributed by atoms with E-state index in [-0.39, 0.29) is 0 Å². The van der Waals surface area contributed by atoms with Gasteiger partial charge in [-0.1, -0.05) is 13.0 Å². The molecule has 1 atom stereocenters. The van der Waals surface area contributed by atoms with Crippen LogP contribution in [0.3, 0.4) is 0 Å².